The second kappa shape index (κ2) is 3.70. The van der Waals surface area contributed by atoms with Gasteiger partial charge >= 0.3 is 35.6 Å². The van der Waals surface area contributed by atoms with Gasteiger partial charge in [-0.25, -0.2) is 4.79 Å². The Balaban J connectivity index is 0.000001000. The molecular formula is C4H3N2NaO4. The fourth-order valence-electron chi connectivity index (χ4n) is 0.583. The van der Waals surface area contributed by atoms with Crippen molar-refractivity contribution in [2.75, 3.05) is 0 Å². The molecule has 1 rings (SSSR count). The number of carbonyl (C=O) groups excluding carboxylic acids is 3. The Morgan fingerprint density at radius 3 is 2.18 bits per heavy atom. The van der Waals surface area contributed by atoms with E-state index in [2.05, 4.69) is 0 Å². The summed E-state index contributed by atoms with van der Waals surface area (Å²) in [7, 11) is 0. The van der Waals surface area contributed by atoms with E-state index in [4.69, 9.17) is 0 Å². The maximum absolute atomic E-state index is 10.4. The van der Waals surface area contributed by atoms with Crippen molar-refractivity contribution in [2.45, 2.75) is 6.04 Å². The maximum atomic E-state index is 10.4. The molecule has 0 aromatic carbocycles. The summed E-state index contributed by atoms with van der Waals surface area (Å²) < 4.78 is 0. The van der Waals surface area contributed by atoms with Crippen molar-refractivity contribution >= 4 is 17.9 Å². The molecule has 54 valence electrons. The summed E-state index contributed by atoms with van der Waals surface area (Å²) in [5.41, 5.74) is 0. The third-order valence-corrected chi connectivity index (χ3v) is 1.01. The Labute approximate surface area is 83.6 Å². The van der Waals surface area contributed by atoms with Crippen LogP contribution in [0.15, 0.2) is 0 Å². The number of aliphatic carboxylic acids is 1. The molecule has 0 saturated carbocycles. The molecule has 0 bridgehead atoms. The second-order valence-corrected chi connectivity index (χ2v) is 1.71. The Hall–Kier alpha value is -0.590. The van der Waals surface area contributed by atoms with E-state index in [0.29, 0.717) is 0 Å². The van der Waals surface area contributed by atoms with Crippen molar-refractivity contribution in [3.8, 4) is 0 Å². The molecule has 6 nitrogen and oxygen atoms in total. The predicted octanol–water partition coefficient (Wildman–Crippen LogP) is -6.05. The second-order valence-electron chi connectivity index (χ2n) is 1.71. The quantitative estimate of drug-likeness (QED) is 0.230. The zero-order valence-corrected chi connectivity index (χ0v) is 7.71. The molecule has 1 aliphatic heterocycles. The van der Waals surface area contributed by atoms with Crippen LogP contribution >= 0.6 is 0 Å². The molecule has 0 aromatic heterocycles. The average molecular weight is 166 g/mol. The molecule has 1 fully saturated rings. The van der Waals surface area contributed by atoms with Gasteiger partial charge in [0.15, 0.2) is 0 Å². The zero-order valence-electron chi connectivity index (χ0n) is 5.71. The van der Waals surface area contributed by atoms with Crippen molar-refractivity contribution in [2.24, 2.45) is 0 Å². The maximum Gasteiger partial charge on any atom is 1.00 e. The van der Waals surface area contributed by atoms with Gasteiger partial charge in [0.1, 0.15) is 6.04 Å². The van der Waals surface area contributed by atoms with Crippen LogP contribution in [0.4, 0.5) is 4.79 Å². The Bertz CT molecular complexity index is 216. The van der Waals surface area contributed by atoms with E-state index < -0.39 is 23.9 Å². The third-order valence-electron chi connectivity index (χ3n) is 1.01. The first-order chi connectivity index (χ1) is 4.61. The summed E-state index contributed by atoms with van der Waals surface area (Å²) in [5.74, 6) is -2.49. The van der Waals surface area contributed by atoms with Crippen LogP contribution in [0.2, 0.25) is 0 Å². The van der Waals surface area contributed by atoms with Gasteiger partial charge in [0.05, 0.1) is 5.97 Å². The van der Waals surface area contributed by atoms with Crippen LogP contribution in [-0.2, 0) is 9.59 Å². The van der Waals surface area contributed by atoms with Gasteiger partial charge in [0.2, 0.25) is 0 Å². The van der Waals surface area contributed by atoms with Gasteiger partial charge in [-0.1, -0.05) is 0 Å². The normalized spacial score (nSPS) is 21.6. The molecule has 7 heteroatoms. The van der Waals surface area contributed by atoms with E-state index in [1.54, 1.807) is 5.32 Å². The largest absolute Gasteiger partial charge is 1.00 e. The molecule has 11 heavy (non-hydrogen) atoms. The van der Waals surface area contributed by atoms with Crippen LogP contribution in [0.25, 0.3) is 0 Å². The smallest absolute Gasteiger partial charge is 0.547 e. The number of urea groups is 1. The standard InChI is InChI=1S/C4H4N2O4.Na/c7-2-1(3(8)9)5-4(10)6-2;/h1H,(H,8,9)(H2,5,6,7,10);/q;+1/p-1. The molecule has 1 saturated heterocycles. The van der Waals surface area contributed by atoms with Gasteiger partial charge in [0.25, 0.3) is 5.91 Å². The first kappa shape index (κ1) is 10.4. The minimum Gasteiger partial charge on any atom is -0.547 e. The van der Waals surface area contributed by atoms with E-state index in [1.165, 1.54) is 0 Å². The van der Waals surface area contributed by atoms with Gasteiger partial charge in [-0.15, -0.1) is 0 Å². The number of nitrogens with one attached hydrogen (secondary N) is 2. The molecule has 1 aliphatic rings. The van der Waals surface area contributed by atoms with Crippen LogP contribution in [0.1, 0.15) is 0 Å². The first-order valence-electron chi connectivity index (χ1n) is 2.43. The summed E-state index contributed by atoms with van der Waals surface area (Å²) in [5, 5.41) is 13.6. The summed E-state index contributed by atoms with van der Waals surface area (Å²) in [6.07, 6.45) is 0. The predicted molar refractivity (Wildman–Crippen MR) is 25.5 cm³/mol. The molecule has 0 aliphatic carbocycles. The number of carboxylic acid groups (broad SMARTS) is 1. The van der Waals surface area contributed by atoms with Gasteiger partial charge in [-0.2, -0.15) is 0 Å². The molecule has 0 radical (unpaired) electrons. The number of amides is 3. The third kappa shape index (κ3) is 2.18. The number of hydrogen-bond donors (Lipinski definition) is 2. The summed E-state index contributed by atoms with van der Waals surface area (Å²) >= 11 is 0. The Morgan fingerprint density at radius 1 is 1.45 bits per heavy atom. The van der Waals surface area contributed by atoms with Gasteiger partial charge in [-0.3, -0.25) is 10.1 Å². The fraction of sp³-hybridized carbons (Fsp3) is 0.250. The van der Waals surface area contributed by atoms with Crippen LogP contribution < -0.4 is 45.3 Å². The van der Waals surface area contributed by atoms with Crippen LogP contribution in [0.3, 0.4) is 0 Å². The van der Waals surface area contributed by atoms with Crippen LogP contribution in [0, 0.1) is 0 Å². The Morgan fingerprint density at radius 2 is 2.00 bits per heavy atom. The molecule has 1 unspecified atom stereocenters. The number of carbonyl (C=O) groups is 3. The molecule has 0 spiro atoms. The van der Waals surface area contributed by atoms with E-state index in [-0.39, 0.29) is 29.6 Å². The zero-order chi connectivity index (χ0) is 7.72. The molecule has 1 heterocycles. The van der Waals surface area contributed by atoms with Crippen LogP contribution in [0.5, 0.6) is 0 Å². The topological polar surface area (TPSA) is 98.3 Å². The average Bonchev–Trinajstić information content (AvgIpc) is 2.10. The minimum atomic E-state index is -1.61. The number of carboxylic acids is 1. The molecule has 2 N–H and O–H groups in total. The van der Waals surface area contributed by atoms with E-state index >= 15 is 0 Å². The number of hydrogen-bond acceptors (Lipinski definition) is 4. The summed E-state index contributed by atoms with van der Waals surface area (Å²) in [4.78, 5) is 30.6. The first-order valence-corrected chi connectivity index (χ1v) is 2.43. The fourth-order valence-corrected chi connectivity index (χ4v) is 0.583. The van der Waals surface area contributed by atoms with Crippen molar-refractivity contribution in [3.05, 3.63) is 0 Å². The van der Waals surface area contributed by atoms with Crippen molar-refractivity contribution in [1.82, 2.24) is 10.6 Å². The van der Waals surface area contributed by atoms with Gasteiger partial charge in [-0.05, 0) is 0 Å². The van der Waals surface area contributed by atoms with E-state index in [9.17, 15) is 19.5 Å². The number of rotatable bonds is 1. The van der Waals surface area contributed by atoms with E-state index in [0.717, 1.165) is 0 Å². The van der Waals surface area contributed by atoms with Crippen molar-refractivity contribution < 1.29 is 49.0 Å². The minimum absolute atomic E-state index is 0. The van der Waals surface area contributed by atoms with Crippen LogP contribution in [-0.4, -0.2) is 23.9 Å². The molecular weight excluding hydrogens is 163 g/mol. The SMILES string of the molecule is O=C1NC(=O)C(C(=O)[O-])N1.[Na+]. The van der Waals surface area contributed by atoms with Gasteiger partial charge in [0, 0.05) is 0 Å². The Kier molecular flexibility index (Phi) is 3.50. The summed E-state index contributed by atoms with van der Waals surface area (Å²) in [6.45, 7) is 0. The van der Waals surface area contributed by atoms with Crippen molar-refractivity contribution in [3.63, 3.8) is 0 Å². The number of imide groups is 1. The summed E-state index contributed by atoms with van der Waals surface area (Å²) in [6, 6.07) is -2.34. The van der Waals surface area contributed by atoms with Gasteiger partial charge < -0.3 is 15.2 Å². The van der Waals surface area contributed by atoms with E-state index in [1.807, 2.05) is 5.32 Å². The molecule has 1 atom stereocenters. The molecule has 3 amide bonds. The monoisotopic (exact) mass is 166 g/mol. The molecule has 0 aromatic rings. The van der Waals surface area contributed by atoms with Crippen molar-refractivity contribution in [1.29, 1.82) is 0 Å².